The van der Waals surface area contributed by atoms with Gasteiger partial charge < -0.3 is 9.47 Å². The number of benzene rings is 1. The molecule has 0 radical (unpaired) electrons. The molecule has 0 fully saturated rings. The summed E-state index contributed by atoms with van der Waals surface area (Å²) in [5, 5.41) is 8.02. The summed E-state index contributed by atoms with van der Waals surface area (Å²) in [6.45, 7) is 0.894. The fraction of sp³-hybridized carbons (Fsp3) is 0.250. The van der Waals surface area contributed by atoms with E-state index < -0.39 is 0 Å². The first kappa shape index (κ1) is 13.3. The molecule has 0 saturated heterocycles. The first-order valence-electron chi connectivity index (χ1n) is 7.10. The van der Waals surface area contributed by atoms with E-state index in [1.54, 1.807) is 16.3 Å². The molecule has 2 aliphatic heterocycles. The predicted molar refractivity (Wildman–Crippen MR) is 83.5 cm³/mol. The van der Waals surface area contributed by atoms with Gasteiger partial charge in [0.1, 0.15) is 0 Å². The van der Waals surface area contributed by atoms with Crippen molar-refractivity contribution in [2.45, 2.75) is 12.8 Å². The molecule has 0 N–H and O–H groups in total. The van der Waals surface area contributed by atoms with Gasteiger partial charge in [0.05, 0.1) is 18.7 Å². The van der Waals surface area contributed by atoms with Crippen molar-refractivity contribution in [3.8, 4) is 11.5 Å². The van der Waals surface area contributed by atoms with Crippen molar-refractivity contribution in [3.05, 3.63) is 46.2 Å². The molecule has 3 heterocycles. The Labute approximate surface area is 131 Å². The number of hydrogen-bond donors (Lipinski definition) is 0. The number of thiophene rings is 1. The van der Waals surface area contributed by atoms with Gasteiger partial charge in [-0.15, -0.1) is 11.3 Å². The number of hydrazone groups is 1. The first-order valence-corrected chi connectivity index (χ1v) is 7.98. The van der Waals surface area contributed by atoms with Crippen molar-refractivity contribution in [2.75, 3.05) is 13.3 Å². The van der Waals surface area contributed by atoms with Gasteiger partial charge in [-0.2, -0.15) is 5.10 Å². The van der Waals surface area contributed by atoms with Crippen LogP contribution in [0.3, 0.4) is 0 Å². The quantitative estimate of drug-likeness (QED) is 0.875. The predicted octanol–water partition coefficient (Wildman–Crippen LogP) is 2.66. The molecule has 1 amide bonds. The van der Waals surface area contributed by atoms with Crippen LogP contribution in [0.5, 0.6) is 11.5 Å². The molecule has 5 nitrogen and oxygen atoms in total. The van der Waals surface area contributed by atoms with Crippen LogP contribution < -0.4 is 9.47 Å². The average Bonchev–Trinajstić information content (AvgIpc) is 3.27. The second-order valence-corrected chi connectivity index (χ2v) is 6.17. The highest BCUT2D eigenvalue weighted by atomic mass is 32.1. The maximum atomic E-state index is 12.3. The standard InChI is InChI=1S/C16H14N2O3S/c19-16(9-12-2-1-7-22-12)18-6-5-13(17-18)11-3-4-14-15(8-11)21-10-20-14/h1-4,7-8H,5-6,9-10H2. The summed E-state index contributed by atoms with van der Waals surface area (Å²) in [6.07, 6.45) is 1.17. The Morgan fingerprint density at radius 3 is 3.05 bits per heavy atom. The highest BCUT2D eigenvalue weighted by Gasteiger charge is 2.23. The lowest BCUT2D eigenvalue weighted by atomic mass is 10.1. The lowest BCUT2D eigenvalue weighted by Crippen LogP contribution is -2.24. The van der Waals surface area contributed by atoms with Crippen molar-refractivity contribution < 1.29 is 14.3 Å². The highest BCUT2D eigenvalue weighted by molar-refractivity contribution is 7.10. The SMILES string of the molecule is O=C(Cc1cccs1)N1CCC(c2ccc3c(c2)OCO3)=N1. The minimum Gasteiger partial charge on any atom is -0.454 e. The molecular weight excluding hydrogens is 300 g/mol. The van der Waals surface area contributed by atoms with Crippen LogP contribution in [0.4, 0.5) is 0 Å². The summed E-state index contributed by atoms with van der Waals surface area (Å²) in [5.74, 6) is 1.54. The minimum atomic E-state index is 0.0400. The summed E-state index contributed by atoms with van der Waals surface area (Å²) in [5.41, 5.74) is 1.90. The van der Waals surface area contributed by atoms with Crippen LogP contribution >= 0.6 is 11.3 Å². The Kier molecular flexibility index (Phi) is 3.31. The van der Waals surface area contributed by atoms with E-state index in [1.807, 2.05) is 35.7 Å². The van der Waals surface area contributed by atoms with E-state index in [0.717, 1.165) is 34.1 Å². The number of hydrogen-bond acceptors (Lipinski definition) is 5. The van der Waals surface area contributed by atoms with Crippen LogP contribution in [-0.4, -0.2) is 30.0 Å². The van der Waals surface area contributed by atoms with Gasteiger partial charge in [-0.1, -0.05) is 6.07 Å². The number of amides is 1. The number of carbonyl (C=O) groups is 1. The Balaban J connectivity index is 1.51. The zero-order valence-electron chi connectivity index (χ0n) is 11.8. The number of rotatable bonds is 3. The molecule has 0 saturated carbocycles. The van der Waals surface area contributed by atoms with Crippen molar-refractivity contribution in [1.82, 2.24) is 5.01 Å². The van der Waals surface area contributed by atoms with Gasteiger partial charge in [0, 0.05) is 16.9 Å². The number of fused-ring (bicyclic) bond motifs is 1. The third-order valence-electron chi connectivity index (χ3n) is 3.70. The molecule has 0 bridgehead atoms. The Bertz CT molecular complexity index is 740. The molecule has 0 aliphatic carbocycles. The van der Waals surface area contributed by atoms with E-state index in [0.29, 0.717) is 13.0 Å². The van der Waals surface area contributed by atoms with Crippen molar-refractivity contribution in [1.29, 1.82) is 0 Å². The summed E-state index contributed by atoms with van der Waals surface area (Å²) in [7, 11) is 0. The summed E-state index contributed by atoms with van der Waals surface area (Å²) in [4.78, 5) is 13.3. The molecule has 0 atom stereocenters. The van der Waals surface area contributed by atoms with E-state index in [2.05, 4.69) is 5.10 Å². The zero-order valence-corrected chi connectivity index (χ0v) is 12.6. The van der Waals surface area contributed by atoms with Crippen molar-refractivity contribution in [2.24, 2.45) is 5.10 Å². The summed E-state index contributed by atoms with van der Waals surface area (Å²) >= 11 is 1.59. The van der Waals surface area contributed by atoms with Gasteiger partial charge in [0.25, 0.3) is 0 Å². The highest BCUT2D eigenvalue weighted by Crippen LogP contribution is 2.33. The molecule has 2 aromatic rings. The summed E-state index contributed by atoms with van der Waals surface area (Å²) in [6, 6.07) is 9.70. The van der Waals surface area contributed by atoms with Gasteiger partial charge in [0.2, 0.25) is 12.7 Å². The average molecular weight is 314 g/mol. The molecule has 0 spiro atoms. The van der Waals surface area contributed by atoms with Crippen LogP contribution in [0.25, 0.3) is 0 Å². The molecule has 6 heteroatoms. The van der Waals surface area contributed by atoms with Crippen LogP contribution in [-0.2, 0) is 11.2 Å². The largest absolute Gasteiger partial charge is 0.454 e. The third kappa shape index (κ3) is 2.46. The van der Waals surface area contributed by atoms with E-state index >= 15 is 0 Å². The van der Waals surface area contributed by atoms with Gasteiger partial charge in [0.15, 0.2) is 11.5 Å². The monoisotopic (exact) mass is 314 g/mol. The van der Waals surface area contributed by atoms with Gasteiger partial charge in [-0.25, -0.2) is 5.01 Å². The summed E-state index contributed by atoms with van der Waals surface area (Å²) < 4.78 is 10.7. The molecule has 0 unspecified atom stereocenters. The minimum absolute atomic E-state index is 0.0400. The van der Waals surface area contributed by atoms with E-state index in [1.165, 1.54) is 0 Å². The number of carbonyl (C=O) groups excluding carboxylic acids is 1. The molecule has 2 aliphatic rings. The first-order chi connectivity index (χ1) is 10.8. The lowest BCUT2D eigenvalue weighted by molar-refractivity contribution is -0.129. The van der Waals surface area contributed by atoms with Crippen LogP contribution in [0.15, 0.2) is 40.8 Å². The van der Waals surface area contributed by atoms with E-state index in [4.69, 9.17) is 9.47 Å². The van der Waals surface area contributed by atoms with Crippen LogP contribution in [0.2, 0.25) is 0 Å². The smallest absolute Gasteiger partial charge is 0.247 e. The van der Waals surface area contributed by atoms with E-state index in [9.17, 15) is 4.79 Å². The topological polar surface area (TPSA) is 51.1 Å². The normalized spacial score (nSPS) is 16.0. The van der Waals surface area contributed by atoms with E-state index in [-0.39, 0.29) is 12.7 Å². The maximum Gasteiger partial charge on any atom is 0.247 e. The van der Waals surface area contributed by atoms with Gasteiger partial charge in [-0.3, -0.25) is 4.79 Å². The van der Waals surface area contributed by atoms with Gasteiger partial charge >= 0.3 is 0 Å². The molecular formula is C16H14N2O3S. The Morgan fingerprint density at radius 1 is 1.27 bits per heavy atom. The molecule has 22 heavy (non-hydrogen) atoms. The second kappa shape index (κ2) is 5.46. The van der Waals surface area contributed by atoms with Crippen molar-refractivity contribution >= 4 is 23.0 Å². The number of ether oxygens (including phenoxy) is 2. The third-order valence-corrected chi connectivity index (χ3v) is 4.58. The van der Waals surface area contributed by atoms with Gasteiger partial charge in [-0.05, 0) is 29.6 Å². The maximum absolute atomic E-state index is 12.3. The second-order valence-electron chi connectivity index (χ2n) is 5.14. The number of nitrogens with zero attached hydrogens (tertiary/aromatic N) is 2. The van der Waals surface area contributed by atoms with Crippen molar-refractivity contribution in [3.63, 3.8) is 0 Å². The fourth-order valence-electron chi connectivity index (χ4n) is 2.57. The fourth-order valence-corrected chi connectivity index (χ4v) is 3.27. The Morgan fingerprint density at radius 2 is 2.18 bits per heavy atom. The lowest BCUT2D eigenvalue weighted by Gasteiger charge is -2.10. The zero-order chi connectivity index (χ0) is 14.9. The molecule has 1 aromatic carbocycles. The Hall–Kier alpha value is -2.34. The van der Waals surface area contributed by atoms with Crippen LogP contribution in [0.1, 0.15) is 16.9 Å². The molecule has 4 rings (SSSR count). The van der Waals surface area contributed by atoms with Crippen LogP contribution in [0, 0.1) is 0 Å². The molecule has 112 valence electrons. The molecule has 1 aromatic heterocycles.